The predicted octanol–water partition coefficient (Wildman–Crippen LogP) is 2.51. The molecule has 3 N–H and O–H groups in total. The van der Waals surface area contributed by atoms with E-state index in [-0.39, 0.29) is 6.04 Å². The van der Waals surface area contributed by atoms with Crippen LogP contribution >= 0.6 is 11.6 Å². The minimum absolute atomic E-state index is 0.269. The Morgan fingerprint density at radius 1 is 1.25 bits per heavy atom. The molecule has 1 saturated carbocycles. The van der Waals surface area contributed by atoms with Gasteiger partial charge in [-0.1, -0.05) is 23.7 Å². The molecule has 0 aromatic heterocycles. The fourth-order valence-electron chi connectivity index (χ4n) is 2.34. The molecule has 1 aromatic rings. The van der Waals surface area contributed by atoms with E-state index in [9.17, 15) is 5.11 Å². The lowest BCUT2D eigenvalue weighted by molar-refractivity contribution is 0.000217. The third kappa shape index (κ3) is 2.97. The van der Waals surface area contributed by atoms with Crippen LogP contribution in [0.5, 0.6) is 0 Å². The fourth-order valence-corrected chi connectivity index (χ4v) is 2.46. The molecule has 1 aliphatic carbocycles. The first-order valence-electron chi connectivity index (χ1n) is 5.80. The largest absolute Gasteiger partial charge is 0.390 e. The lowest BCUT2D eigenvalue weighted by Crippen LogP contribution is -2.40. The monoisotopic (exact) mass is 239 g/mol. The van der Waals surface area contributed by atoms with Crippen LogP contribution in [0.3, 0.4) is 0 Å². The number of halogens is 1. The van der Waals surface area contributed by atoms with Crippen LogP contribution in [0.25, 0.3) is 0 Å². The van der Waals surface area contributed by atoms with E-state index in [1.165, 1.54) is 0 Å². The van der Waals surface area contributed by atoms with Crippen molar-refractivity contribution in [3.8, 4) is 0 Å². The maximum atomic E-state index is 10.4. The molecular formula is C13H18ClNO. The molecule has 0 radical (unpaired) electrons. The third-order valence-electron chi connectivity index (χ3n) is 3.41. The van der Waals surface area contributed by atoms with Crippen molar-refractivity contribution >= 4 is 11.6 Å². The van der Waals surface area contributed by atoms with Crippen LogP contribution in [0.15, 0.2) is 24.3 Å². The predicted molar refractivity (Wildman–Crippen MR) is 66.5 cm³/mol. The number of aliphatic hydroxyl groups is 1. The van der Waals surface area contributed by atoms with E-state index in [1.807, 2.05) is 24.3 Å². The number of benzene rings is 1. The standard InChI is InChI=1S/C13H18ClNO/c14-11-3-1-10(2-4-11)9-13(16)7-5-12(15)6-8-13/h1-4,12,16H,5-9,15H2. The number of nitrogens with two attached hydrogens (primary N) is 1. The summed E-state index contributed by atoms with van der Waals surface area (Å²) in [6.07, 6.45) is 4.15. The van der Waals surface area contributed by atoms with Crippen molar-refractivity contribution in [1.29, 1.82) is 0 Å². The average molecular weight is 240 g/mol. The summed E-state index contributed by atoms with van der Waals surface area (Å²) in [5.41, 5.74) is 6.42. The van der Waals surface area contributed by atoms with Gasteiger partial charge in [-0.05, 0) is 43.4 Å². The van der Waals surface area contributed by atoms with E-state index in [1.54, 1.807) is 0 Å². The van der Waals surface area contributed by atoms with Crippen LogP contribution in [0.4, 0.5) is 0 Å². The molecule has 2 nitrogen and oxygen atoms in total. The van der Waals surface area contributed by atoms with Gasteiger partial charge in [-0.2, -0.15) is 0 Å². The molecule has 0 spiro atoms. The van der Waals surface area contributed by atoms with E-state index in [2.05, 4.69) is 0 Å². The van der Waals surface area contributed by atoms with Crippen molar-refractivity contribution in [2.24, 2.45) is 5.73 Å². The Balaban J connectivity index is 2.00. The van der Waals surface area contributed by atoms with Crippen molar-refractivity contribution in [3.63, 3.8) is 0 Å². The smallest absolute Gasteiger partial charge is 0.0689 e. The highest BCUT2D eigenvalue weighted by atomic mass is 35.5. The van der Waals surface area contributed by atoms with Crippen LogP contribution in [0.1, 0.15) is 31.2 Å². The summed E-state index contributed by atoms with van der Waals surface area (Å²) < 4.78 is 0. The molecule has 0 bridgehead atoms. The molecule has 3 heteroatoms. The quantitative estimate of drug-likeness (QED) is 0.833. The van der Waals surface area contributed by atoms with Gasteiger partial charge in [0.05, 0.1) is 5.60 Å². The molecule has 0 saturated heterocycles. The SMILES string of the molecule is NC1CCC(O)(Cc2ccc(Cl)cc2)CC1. The molecule has 1 aliphatic rings. The summed E-state index contributed by atoms with van der Waals surface area (Å²) in [5, 5.41) is 11.2. The Kier molecular flexibility index (Phi) is 3.53. The van der Waals surface area contributed by atoms with Crippen molar-refractivity contribution in [2.45, 2.75) is 43.7 Å². The van der Waals surface area contributed by atoms with E-state index in [0.29, 0.717) is 6.42 Å². The van der Waals surface area contributed by atoms with Gasteiger partial charge in [0.15, 0.2) is 0 Å². The van der Waals surface area contributed by atoms with Gasteiger partial charge >= 0.3 is 0 Å². The molecular weight excluding hydrogens is 222 g/mol. The summed E-state index contributed by atoms with van der Waals surface area (Å²) in [6.45, 7) is 0. The summed E-state index contributed by atoms with van der Waals surface area (Å²) in [7, 11) is 0. The summed E-state index contributed by atoms with van der Waals surface area (Å²) >= 11 is 5.83. The zero-order valence-electron chi connectivity index (χ0n) is 9.32. The van der Waals surface area contributed by atoms with E-state index < -0.39 is 5.60 Å². The Morgan fingerprint density at radius 3 is 2.38 bits per heavy atom. The topological polar surface area (TPSA) is 46.2 Å². The first-order chi connectivity index (χ1) is 7.57. The number of hydrogen-bond donors (Lipinski definition) is 2. The minimum Gasteiger partial charge on any atom is -0.390 e. The molecule has 1 aromatic carbocycles. The molecule has 2 rings (SSSR count). The molecule has 0 atom stereocenters. The molecule has 0 amide bonds. The second kappa shape index (κ2) is 4.74. The maximum Gasteiger partial charge on any atom is 0.0689 e. The van der Waals surface area contributed by atoms with Gasteiger partial charge in [0.2, 0.25) is 0 Å². The summed E-state index contributed by atoms with van der Waals surface area (Å²) in [4.78, 5) is 0. The van der Waals surface area contributed by atoms with Gasteiger partial charge in [0, 0.05) is 17.5 Å². The Hall–Kier alpha value is -0.570. The summed E-state index contributed by atoms with van der Waals surface area (Å²) in [5.74, 6) is 0. The Bertz CT molecular complexity index is 341. The molecule has 0 aliphatic heterocycles. The number of hydrogen-bond acceptors (Lipinski definition) is 2. The van der Waals surface area contributed by atoms with Gasteiger partial charge < -0.3 is 10.8 Å². The van der Waals surface area contributed by atoms with E-state index in [0.717, 1.165) is 36.3 Å². The normalized spacial score (nSPS) is 30.3. The lowest BCUT2D eigenvalue weighted by atomic mass is 9.79. The highest BCUT2D eigenvalue weighted by Gasteiger charge is 2.31. The Morgan fingerprint density at radius 2 is 1.81 bits per heavy atom. The van der Waals surface area contributed by atoms with Gasteiger partial charge in [0.25, 0.3) is 0 Å². The highest BCUT2D eigenvalue weighted by Crippen LogP contribution is 2.30. The second-order valence-electron chi connectivity index (χ2n) is 4.87. The number of rotatable bonds is 2. The lowest BCUT2D eigenvalue weighted by Gasteiger charge is -2.34. The second-order valence-corrected chi connectivity index (χ2v) is 5.30. The minimum atomic E-state index is -0.566. The first-order valence-corrected chi connectivity index (χ1v) is 6.18. The van der Waals surface area contributed by atoms with E-state index >= 15 is 0 Å². The van der Waals surface area contributed by atoms with Gasteiger partial charge in [0.1, 0.15) is 0 Å². The van der Waals surface area contributed by atoms with Crippen molar-refractivity contribution in [1.82, 2.24) is 0 Å². The van der Waals surface area contributed by atoms with Gasteiger partial charge in [-0.3, -0.25) is 0 Å². The van der Waals surface area contributed by atoms with Crippen molar-refractivity contribution < 1.29 is 5.11 Å². The third-order valence-corrected chi connectivity index (χ3v) is 3.66. The average Bonchev–Trinajstić information content (AvgIpc) is 2.27. The maximum absolute atomic E-state index is 10.4. The summed E-state index contributed by atoms with van der Waals surface area (Å²) in [6, 6.07) is 7.97. The van der Waals surface area contributed by atoms with Crippen LogP contribution in [0, 0.1) is 0 Å². The highest BCUT2D eigenvalue weighted by molar-refractivity contribution is 6.30. The van der Waals surface area contributed by atoms with Gasteiger partial charge in [-0.25, -0.2) is 0 Å². The molecule has 0 heterocycles. The van der Waals surface area contributed by atoms with Crippen LogP contribution in [0.2, 0.25) is 5.02 Å². The van der Waals surface area contributed by atoms with Crippen LogP contribution in [-0.4, -0.2) is 16.7 Å². The van der Waals surface area contributed by atoms with Gasteiger partial charge in [-0.15, -0.1) is 0 Å². The Labute approximate surface area is 101 Å². The zero-order valence-corrected chi connectivity index (χ0v) is 10.1. The fraction of sp³-hybridized carbons (Fsp3) is 0.538. The molecule has 16 heavy (non-hydrogen) atoms. The van der Waals surface area contributed by atoms with Crippen LogP contribution < -0.4 is 5.73 Å². The molecule has 0 unspecified atom stereocenters. The van der Waals surface area contributed by atoms with Crippen LogP contribution in [-0.2, 0) is 6.42 Å². The molecule has 1 fully saturated rings. The first kappa shape index (κ1) is 11.9. The van der Waals surface area contributed by atoms with Crippen molar-refractivity contribution in [3.05, 3.63) is 34.9 Å². The molecule has 88 valence electrons. The zero-order chi connectivity index (χ0) is 11.6. The van der Waals surface area contributed by atoms with E-state index in [4.69, 9.17) is 17.3 Å². The van der Waals surface area contributed by atoms with Crippen molar-refractivity contribution in [2.75, 3.05) is 0 Å².